The van der Waals surface area contributed by atoms with Crippen molar-refractivity contribution in [2.45, 2.75) is 39.5 Å². The molecule has 0 N–H and O–H groups in total. The highest BCUT2D eigenvalue weighted by atomic mass is 16.2. The van der Waals surface area contributed by atoms with Gasteiger partial charge >= 0.3 is 0 Å². The summed E-state index contributed by atoms with van der Waals surface area (Å²) in [6.45, 7) is 4.90. The fourth-order valence-corrected chi connectivity index (χ4v) is 2.35. The normalized spacial score (nSPS) is 18.9. The summed E-state index contributed by atoms with van der Waals surface area (Å²) in [7, 11) is 1.81. The van der Waals surface area contributed by atoms with E-state index < -0.39 is 5.41 Å². The van der Waals surface area contributed by atoms with E-state index in [1.807, 2.05) is 0 Å². The van der Waals surface area contributed by atoms with E-state index in [0.717, 1.165) is 32.2 Å². The third kappa shape index (κ3) is 2.50. The number of amides is 1. The maximum absolute atomic E-state index is 12.1. The van der Waals surface area contributed by atoms with Gasteiger partial charge in [-0.15, -0.1) is 0 Å². The van der Waals surface area contributed by atoms with E-state index >= 15 is 0 Å². The van der Waals surface area contributed by atoms with E-state index in [2.05, 4.69) is 19.9 Å². The summed E-state index contributed by atoms with van der Waals surface area (Å²) in [5, 5.41) is 9.17. The first-order valence-corrected chi connectivity index (χ1v) is 5.68. The first-order valence-electron chi connectivity index (χ1n) is 5.68. The number of nitrogens with zero attached hydrogens (tertiary/aromatic N) is 2. The number of hydrogen-bond donors (Lipinski definition) is 0. The van der Waals surface area contributed by atoms with Gasteiger partial charge in [0.15, 0.2) is 0 Å². The van der Waals surface area contributed by atoms with Crippen LogP contribution < -0.4 is 0 Å². The average molecular weight is 208 g/mol. The minimum absolute atomic E-state index is 0.0243. The lowest BCUT2D eigenvalue weighted by Gasteiger charge is -2.27. The lowest BCUT2D eigenvalue weighted by Crippen LogP contribution is -2.41. The van der Waals surface area contributed by atoms with Gasteiger partial charge in [-0.1, -0.05) is 26.7 Å². The molecule has 3 heteroatoms. The predicted molar refractivity (Wildman–Crippen MR) is 59.0 cm³/mol. The van der Waals surface area contributed by atoms with Crippen molar-refractivity contribution in [3.8, 4) is 6.07 Å². The fraction of sp³-hybridized carbons (Fsp3) is 0.833. The topological polar surface area (TPSA) is 44.1 Å². The predicted octanol–water partition coefficient (Wildman–Crippen LogP) is 2.18. The van der Waals surface area contributed by atoms with Gasteiger partial charge in [-0.25, -0.2) is 0 Å². The quantitative estimate of drug-likeness (QED) is 0.713. The van der Waals surface area contributed by atoms with E-state index in [9.17, 15) is 10.1 Å². The van der Waals surface area contributed by atoms with Crippen molar-refractivity contribution >= 4 is 5.91 Å². The summed E-state index contributed by atoms with van der Waals surface area (Å²) in [6.07, 6.45) is 3.50. The maximum atomic E-state index is 12.1. The van der Waals surface area contributed by atoms with Gasteiger partial charge in [0.25, 0.3) is 0 Å². The van der Waals surface area contributed by atoms with Crippen LogP contribution in [0.1, 0.15) is 39.5 Å². The molecule has 0 heterocycles. The largest absolute Gasteiger partial charge is 0.344 e. The number of nitriles is 1. The van der Waals surface area contributed by atoms with Crippen molar-refractivity contribution < 1.29 is 4.79 Å². The summed E-state index contributed by atoms with van der Waals surface area (Å²) in [5.41, 5.74) is -0.705. The zero-order valence-corrected chi connectivity index (χ0v) is 9.92. The van der Waals surface area contributed by atoms with Crippen LogP contribution in [0.2, 0.25) is 0 Å². The maximum Gasteiger partial charge on any atom is 0.242 e. The third-order valence-corrected chi connectivity index (χ3v) is 3.07. The molecular weight excluding hydrogens is 188 g/mol. The van der Waals surface area contributed by atoms with Gasteiger partial charge in [-0.05, 0) is 18.8 Å². The molecule has 15 heavy (non-hydrogen) atoms. The van der Waals surface area contributed by atoms with Crippen molar-refractivity contribution in [1.29, 1.82) is 5.26 Å². The van der Waals surface area contributed by atoms with Gasteiger partial charge in [-0.2, -0.15) is 5.26 Å². The number of carbonyl (C=O) groups excluding carboxylic acids is 1. The zero-order valence-electron chi connectivity index (χ0n) is 9.92. The Hall–Kier alpha value is -1.04. The van der Waals surface area contributed by atoms with Gasteiger partial charge in [0.2, 0.25) is 5.91 Å². The second kappa shape index (κ2) is 4.65. The molecule has 3 nitrogen and oxygen atoms in total. The highest BCUT2D eigenvalue weighted by Crippen LogP contribution is 2.38. The Morgan fingerprint density at radius 1 is 1.47 bits per heavy atom. The fourth-order valence-electron chi connectivity index (χ4n) is 2.35. The van der Waals surface area contributed by atoms with E-state index in [0.29, 0.717) is 5.92 Å². The Morgan fingerprint density at radius 3 is 2.40 bits per heavy atom. The molecule has 0 spiro atoms. The Labute approximate surface area is 92.1 Å². The SMILES string of the molecule is CC(C)CN(C)C(=O)C1(C#N)CCCC1. The molecule has 84 valence electrons. The van der Waals surface area contributed by atoms with Crippen LogP contribution in [0.15, 0.2) is 0 Å². The molecule has 0 atom stereocenters. The molecule has 0 aromatic heterocycles. The molecule has 1 rings (SSSR count). The van der Waals surface area contributed by atoms with Crippen LogP contribution in [-0.4, -0.2) is 24.4 Å². The van der Waals surface area contributed by atoms with Gasteiger partial charge < -0.3 is 4.90 Å². The molecule has 0 bridgehead atoms. The molecule has 0 aromatic rings. The van der Waals surface area contributed by atoms with E-state index in [1.54, 1.807) is 11.9 Å². The average Bonchev–Trinajstić information content (AvgIpc) is 2.65. The highest BCUT2D eigenvalue weighted by Gasteiger charge is 2.43. The third-order valence-electron chi connectivity index (χ3n) is 3.07. The second-order valence-corrected chi connectivity index (χ2v) is 4.98. The molecule has 1 aliphatic rings. The lowest BCUT2D eigenvalue weighted by atomic mass is 9.86. The smallest absolute Gasteiger partial charge is 0.242 e. The van der Waals surface area contributed by atoms with Gasteiger partial charge in [0.05, 0.1) is 6.07 Å². The van der Waals surface area contributed by atoms with Gasteiger partial charge in [0.1, 0.15) is 5.41 Å². The summed E-state index contributed by atoms with van der Waals surface area (Å²) < 4.78 is 0. The van der Waals surface area contributed by atoms with Crippen LogP contribution in [0.4, 0.5) is 0 Å². The van der Waals surface area contributed by atoms with E-state index in [1.165, 1.54) is 0 Å². The van der Waals surface area contributed by atoms with Crippen molar-refractivity contribution in [1.82, 2.24) is 4.90 Å². The summed E-state index contributed by atoms with van der Waals surface area (Å²) in [4.78, 5) is 13.9. The Morgan fingerprint density at radius 2 is 2.00 bits per heavy atom. The van der Waals surface area contributed by atoms with Crippen LogP contribution in [0.25, 0.3) is 0 Å². The highest BCUT2D eigenvalue weighted by molar-refractivity contribution is 5.85. The number of hydrogen-bond acceptors (Lipinski definition) is 2. The van der Waals surface area contributed by atoms with Crippen molar-refractivity contribution in [2.75, 3.05) is 13.6 Å². The van der Waals surface area contributed by atoms with Crippen LogP contribution in [-0.2, 0) is 4.79 Å². The Bertz CT molecular complexity index is 272. The van der Waals surface area contributed by atoms with Gasteiger partial charge in [0, 0.05) is 13.6 Å². The van der Waals surface area contributed by atoms with Crippen LogP contribution in [0.3, 0.4) is 0 Å². The molecular formula is C12H20N2O. The molecule has 1 fully saturated rings. The van der Waals surface area contributed by atoms with Crippen LogP contribution in [0, 0.1) is 22.7 Å². The number of rotatable bonds is 3. The molecule has 0 aliphatic heterocycles. The summed E-state index contributed by atoms with van der Waals surface area (Å²) >= 11 is 0. The zero-order chi connectivity index (χ0) is 11.5. The Kier molecular flexibility index (Phi) is 3.73. The minimum Gasteiger partial charge on any atom is -0.344 e. The first-order chi connectivity index (χ1) is 7.02. The van der Waals surface area contributed by atoms with Crippen LogP contribution in [0.5, 0.6) is 0 Å². The minimum atomic E-state index is -0.705. The number of carbonyl (C=O) groups is 1. The summed E-state index contributed by atoms with van der Waals surface area (Å²) in [5.74, 6) is 0.479. The molecule has 1 amide bonds. The van der Waals surface area contributed by atoms with Gasteiger partial charge in [-0.3, -0.25) is 4.79 Å². The monoisotopic (exact) mass is 208 g/mol. The molecule has 1 aliphatic carbocycles. The summed E-state index contributed by atoms with van der Waals surface area (Å²) in [6, 6.07) is 2.24. The van der Waals surface area contributed by atoms with Crippen LogP contribution >= 0.6 is 0 Å². The van der Waals surface area contributed by atoms with Crippen molar-refractivity contribution in [2.24, 2.45) is 11.3 Å². The Balaban J connectivity index is 2.70. The molecule has 1 saturated carbocycles. The molecule has 0 aromatic carbocycles. The van der Waals surface area contributed by atoms with Crippen molar-refractivity contribution in [3.63, 3.8) is 0 Å². The molecule has 0 saturated heterocycles. The second-order valence-electron chi connectivity index (χ2n) is 4.98. The lowest BCUT2D eigenvalue weighted by molar-refractivity contribution is -0.137. The molecule has 0 unspecified atom stereocenters. The standard InChI is InChI=1S/C12H20N2O/c1-10(2)8-14(3)11(15)12(9-13)6-4-5-7-12/h10H,4-8H2,1-3H3. The van der Waals surface area contributed by atoms with Crippen molar-refractivity contribution in [3.05, 3.63) is 0 Å². The molecule has 0 radical (unpaired) electrons. The first kappa shape index (κ1) is 12.0. The van der Waals surface area contributed by atoms with E-state index in [4.69, 9.17) is 0 Å². The van der Waals surface area contributed by atoms with E-state index in [-0.39, 0.29) is 5.91 Å².